The molecule has 1 aromatic heterocycles. The maximum absolute atomic E-state index is 12.5. The van der Waals surface area contributed by atoms with E-state index < -0.39 is 5.60 Å². The summed E-state index contributed by atoms with van der Waals surface area (Å²) in [5.74, 6) is 3.87. The molecule has 0 spiro atoms. The average Bonchev–Trinajstić information content (AvgIpc) is 3.46. The highest BCUT2D eigenvalue weighted by molar-refractivity contribution is 5.68. The Kier molecular flexibility index (Phi) is 5.78. The van der Waals surface area contributed by atoms with Gasteiger partial charge in [0.1, 0.15) is 17.2 Å². The van der Waals surface area contributed by atoms with Gasteiger partial charge in [0.05, 0.1) is 6.61 Å². The number of likely N-dealkylation sites (tertiary alicyclic amines) is 1. The lowest BCUT2D eigenvalue weighted by molar-refractivity contribution is 0.0279. The molecule has 1 amide bonds. The molecular formula is C26H35N5O3. The first-order valence-corrected chi connectivity index (χ1v) is 12.3. The Morgan fingerprint density at radius 1 is 1.15 bits per heavy atom. The third kappa shape index (κ3) is 4.63. The van der Waals surface area contributed by atoms with E-state index in [1.54, 1.807) is 0 Å². The highest BCUT2D eigenvalue weighted by atomic mass is 16.6. The Balaban J connectivity index is 1.33. The molecule has 1 aliphatic carbocycles. The number of aryl methyl sites for hydroxylation is 1. The van der Waals surface area contributed by atoms with E-state index in [1.807, 2.05) is 45.7 Å². The first kappa shape index (κ1) is 22.7. The molecule has 2 unspecified atom stereocenters. The highest BCUT2D eigenvalue weighted by Gasteiger charge is 2.44. The summed E-state index contributed by atoms with van der Waals surface area (Å²) in [7, 11) is 1.86. The summed E-state index contributed by atoms with van der Waals surface area (Å²) in [6, 6.07) is 6.30. The normalized spacial score (nSPS) is 23.3. The first-order valence-electron chi connectivity index (χ1n) is 12.3. The van der Waals surface area contributed by atoms with Crippen molar-refractivity contribution < 1.29 is 14.3 Å². The van der Waals surface area contributed by atoms with Crippen LogP contribution < -0.4 is 15.4 Å². The molecule has 2 aromatic rings. The number of carbonyl (C=O) groups is 1. The summed E-state index contributed by atoms with van der Waals surface area (Å²) < 4.78 is 11.7. The van der Waals surface area contributed by atoms with Crippen molar-refractivity contribution in [2.75, 3.05) is 37.4 Å². The van der Waals surface area contributed by atoms with Crippen LogP contribution in [0, 0.1) is 18.8 Å². The number of carbonyl (C=O) groups excluding carboxylic acids is 1. The lowest BCUT2D eigenvalue weighted by Crippen LogP contribution is -2.36. The molecule has 1 aromatic carbocycles. The van der Waals surface area contributed by atoms with Crippen molar-refractivity contribution in [2.24, 2.45) is 11.8 Å². The van der Waals surface area contributed by atoms with Gasteiger partial charge in [-0.05, 0) is 81.5 Å². The molecule has 182 valence electrons. The van der Waals surface area contributed by atoms with E-state index in [0.717, 1.165) is 61.9 Å². The van der Waals surface area contributed by atoms with Crippen LogP contribution >= 0.6 is 0 Å². The lowest BCUT2D eigenvalue weighted by atomic mass is 9.92. The van der Waals surface area contributed by atoms with Crippen LogP contribution in [0.3, 0.4) is 0 Å². The minimum Gasteiger partial charge on any atom is -0.493 e. The van der Waals surface area contributed by atoms with Gasteiger partial charge in [0.15, 0.2) is 0 Å². The van der Waals surface area contributed by atoms with Gasteiger partial charge in [0.2, 0.25) is 5.95 Å². The second-order valence-electron chi connectivity index (χ2n) is 10.8. The van der Waals surface area contributed by atoms with Crippen molar-refractivity contribution in [2.45, 2.75) is 58.5 Å². The van der Waals surface area contributed by atoms with Crippen LogP contribution in [0.25, 0.3) is 0 Å². The predicted molar refractivity (Wildman–Crippen MR) is 132 cm³/mol. The number of aromatic nitrogens is 2. The predicted octanol–water partition coefficient (Wildman–Crippen LogP) is 4.87. The largest absolute Gasteiger partial charge is 0.493 e. The van der Waals surface area contributed by atoms with Crippen LogP contribution in [0.4, 0.5) is 22.2 Å². The molecule has 8 heteroatoms. The molecule has 1 saturated heterocycles. The van der Waals surface area contributed by atoms with Gasteiger partial charge < -0.3 is 25.0 Å². The molecule has 34 heavy (non-hydrogen) atoms. The number of nitrogens with zero attached hydrogens (tertiary/aromatic N) is 3. The van der Waals surface area contributed by atoms with Gasteiger partial charge in [-0.25, -0.2) is 9.78 Å². The minimum atomic E-state index is -0.461. The zero-order valence-electron chi connectivity index (χ0n) is 20.8. The second-order valence-corrected chi connectivity index (χ2v) is 10.8. The van der Waals surface area contributed by atoms with Gasteiger partial charge in [0, 0.05) is 44.0 Å². The number of benzene rings is 1. The van der Waals surface area contributed by atoms with Crippen molar-refractivity contribution in [3.63, 3.8) is 0 Å². The number of rotatable bonds is 4. The average molecular weight is 466 g/mol. The van der Waals surface area contributed by atoms with Gasteiger partial charge in [-0.2, -0.15) is 4.98 Å². The quantitative estimate of drug-likeness (QED) is 0.666. The van der Waals surface area contributed by atoms with Crippen molar-refractivity contribution in [3.05, 3.63) is 35.0 Å². The lowest BCUT2D eigenvalue weighted by Gasteiger charge is -2.25. The molecule has 2 aliphatic heterocycles. The van der Waals surface area contributed by atoms with Crippen molar-refractivity contribution in [3.8, 4) is 5.75 Å². The molecule has 2 fully saturated rings. The maximum Gasteiger partial charge on any atom is 0.410 e. The van der Waals surface area contributed by atoms with Crippen molar-refractivity contribution >= 4 is 23.5 Å². The molecule has 0 bridgehead atoms. The summed E-state index contributed by atoms with van der Waals surface area (Å²) >= 11 is 0. The number of hydrogen-bond donors (Lipinski definition) is 2. The molecule has 3 atom stereocenters. The molecule has 0 radical (unpaired) electrons. The van der Waals surface area contributed by atoms with Crippen LogP contribution in [0.1, 0.15) is 56.4 Å². The molecule has 3 aliphatic rings. The SMILES string of the molecule is CNc1cc(C)nc(Nc2cc3c(c(C4CC5CN(C(=O)OC(C)(C)C)C[C@H]5C4)c2)OCC3)n1. The Hall–Kier alpha value is -3.03. The van der Waals surface area contributed by atoms with E-state index in [9.17, 15) is 4.79 Å². The molecule has 1 saturated carbocycles. The second kappa shape index (κ2) is 8.64. The number of ether oxygens (including phenoxy) is 2. The Bertz CT molecular complexity index is 1080. The zero-order valence-corrected chi connectivity index (χ0v) is 20.8. The summed E-state index contributed by atoms with van der Waals surface area (Å²) in [4.78, 5) is 23.5. The maximum atomic E-state index is 12.5. The molecular weight excluding hydrogens is 430 g/mol. The third-order valence-electron chi connectivity index (χ3n) is 7.02. The van der Waals surface area contributed by atoms with E-state index in [4.69, 9.17) is 9.47 Å². The first-order chi connectivity index (χ1) is 16.2. The number of fused-ring (bicyclic) bond motifs is 2. The molecule has 8 nitrogen and oxygen atoms in total. The van der Waals surface area contributed by atoms with Gasteiger partial charge in [-0.15, -0.1) is 0 Å². The van der Waals surface area contributed by atoms with Crippen LogP contribution in [-0.2, 0) is 11.2 Å². The number of hydrogen-bond acceptors (Lipinski definition) is 7. The van der Waals surface area contributed by atoms with E-state index in [-0.39, 0.29) is 6.09 Å². The van der Waals surface area contributed by atoms with E-state index >= 15 is 0 Å². The Morgan fingerprint density at radius 2 is 1.88 bits per heavy atom. The Labute approximate surface area is 201 Å². The number of anilines is 3. The monoisotopic (exact) mass is 465 g/mol. The Morgan fingerprint density at radius 3 is 2.56 bits per heavy atom. The fourth-order valence-corrected chi connectivity index (χ4v) is 5.62. The van der Waals surface area contributed by atoms with Crippen LogP contribution in [0.15, 0.2) is 18.2 Å². The van der Waals surface area contributed by atoms with E-state index in [2.05, 4.69) is 32.7 Å². The van der Waals surface area contributed by atoms with Crippen LogP contribution in [-0.4, -0.2) is 53.3 Å². The van der Waals surface area contributed by atoms with E-state index in [1.165, 1.54) is 11.1 Å². The third-order valence-corrected chi connectivity index (χ3v) is 7.02. The fourth-order valence-electron chi connectivity index (χ4n) is 5.62. The highest BCUT2D eigenvalue weighted by Crippen LogP contribution is 2.50. The van der Waals surface area contributed by atoms with Crippen LogP contribution in [0.5, 0.6) is 5.75 Å². The van der Waals surface area contributed by atoms with Crippen molar-refractivity contribution in [1.29, 1.82) is 0 Å². The molecule has 5 rings (SSSR count). The topological polar surface area (TPSA) is 88.6 Å². The van der Waals surface area contributed by atoms with Crippen molar-refractivity contribution in [1.82, 2.24) is 14.9 Å². The summed E-state index contributed by atoms with van der Waals surface area (Å²) in [6.07, 6.45) is 2.86. The van der Waals surface area contributed by atoms with Gasteiger partial charge in [-0.3, -0.25) is 0 Å². The summed E-state index contributed by atoms with van der Waals surface area (Å²) in [6.45, 7) is 10.0. The van der Waals surface area contributed by atoms with Gasteiger partial charge in [-0.1, -0.05) is 0 Å². The standard InChI is InChI=1S/C26H35N5O3/c1-15-8-22(27-5)30-24(28-15)29-20-11-16-6-7-33-23(16)21(12-20)17-9-18-13-31(14-19(18)10-17)25(32)34-26(2,3)4/h8,11-12,17-19H,6-7,9-10,13-14H2,1-5H3,(H2,27,28,29,30)/t17?,18-,19?/m1/s1. The number of nitrogens with one attached hydrogen (secondary N) is 2. The minimum absolute atomic E-state index is 0.187. The van der Waals surface area contributed by atoms with E-state index in [0.29, 0.717) is 23.7 Å². The summed E-state index contributed by atoms with van der Waals surface area (Å²) in [5, 5.41) is 6.51. The van der Waals surface area contributed by atoms with Gasteiger partial charge in [0.25, 0.3) is 0 Å². The molecule has 2 N–H and O–H groups in total. The van der Waals surface area contributed by atoms with Crippen LogP contribution in [0.2, 0.25) is 0 Å². The molecule has 3 heterocycles. The fraction of sp³-hybridized carbons (Fsp3) is 0.577. The smallest absolute Gasteiger partial charge is 0.410 e. The number of amides is 1. The summed E-state index contributed by atoms with van der Waals surface area (Å²) in [5.41, 5.74) is 3.97. The zero-order chi connectivity index (χ0) is 24.0. The van der Waals surface area contributed by atoms with Gasteiger partial charge >= 0.3 is 6.09 Å².